The molecule has 0 saturated heterocycles. The maximum atomic E-state index is 3.95. The van der Waals surface area contributed by atoms with Gasteiger partial charge in [-0.1, -0.05) is 76.3 Å². The summed E-state index contributed by atoms with van der Waals surface area (Å²) >= 11 is 0. The average molecular weight is 273 g/mol. The summed E-state index contributed by atoms with van der Waals surface area (Å²) in [6, 6.07) is 12.3. The molecule has 1 nitrogen and oxygen atoms in total. The van der Waals surface area contributed by atoms with Gasteiger partial charge >= 0.3 is 0 Å². The van der Waals surface area contributed by atoms with Gasteiger partial charge in [-0.05, 0) is 30.7 Å². The number of benzene rings is 1. The van der Waals surface area contributed by atoms with Crippen molar-refractivity contribution in [2.45, 2.75) is 77.3 Å². The van der Waals surface area contributed by atoms with Gasteiger partial charge < -0.3 is 5.32 Å². The second-order valence-corrected chi connectivity index (χ2v) is 6.41. The minimum atomic E-state index is 0.548. The van der Waals surface area contributed by atoms with E-state index in [9.17, 15) is 0 Å². The van der Waals surface area contributed by atoms with Crippen molar-refractivity contribution in [1.82, 2.24) is 5.32 Å². The number of hydrogen-bond donors (Lipinski definition) is 1. The highest BCUT2D eigenvalue weighted by Crippen LogP contribution is 2.35. The fourth-order valence-corrected chi connectivity index (χ4v) is 3.02. The van der Waals surface area contributed by atoms with Crippen molar-refractivity contribution in [2.75, 3.05) is 0 Å². The van der Waals surface area contributed by atoms with Gasteiger partial charge in [-0.25, -0.2) is 0 Å². The summed E-state index contributed by atoms with van der Waals surface area (Å²) in [7, 11) is 0. The lowest BCUT2D eigenvalue weighted by Gasteiger charge is -2.26. The summed E-state index contributed by atoms with van der Waals surface area (Å²) < 4.78 is 0. The van der Waals surface area contributed by atoms with Gasteiger partial charge in [0.2, 0.25) is 0 Å². The van der Waals surface area contributed by atoms with Crippen LogP contribution in [0.15, 0.2) is 30.3 Å². The lowest BCUT2D eigenvalue weighted by atomic mass is 9.97. The molecule has 1 fully saturated rings. The third-order valence-electron chi connectivity index (χ3n) is 4.54. The molecule has 1 aromatic rings. The van der Waals surface area contributed by atoms with E-state index in [2.05, 4.69) is 49.5 Å². The zero-order chi connectivity index (χ0) is 14.2. The molecule has 0 bridgehead atoms. The van der Waals surface area contributed by atoms with Gasteiger partial charge in [0.1, 0.15) is 0 Å². The first-order valence-corrected chi connectivity index (χ1v) is 8.64. The highest BCUT2D eigenvalue weighted by Gasteiger charge is 2.26. The molecule has 0 aromatic heterocycles. The molecule has 2 unspecified atom stereocenters. The zero-order valence-corrected chi connectivity index (χ0v) is 13.3. The van der Waals surface area contributed by atoms with E-state index in [1.807, 2.05) is 0 Å². The number of hydrogen-bond acceptors (Lipinski definition) is 1. The van der Waals surface area contributed by atoms with Gasteiger partial charge in [-0.3, -0.25) is 0 Å². The van der Waals surface area contributed by atoms with Crippen LogP contribution >= 0.6 is 0 Å². The third kappa shape index (κ3) is 5.28. The molecule has 2 atom stereocenters. The van der Waals surface area contributed by atoms with Crippen molar-refractivity contribution in [3.8, 4) is 0 Å². The van der Waals surface area contributed by atoms with Gasteiger partial charge in [0.15, 0.2) is 0 Å². The highest BCUT2D eigenvalue weighted by molar-refractivity contribution is 5.19. The fraction of sp³-hybridized carbons (Fsp3) is 0.684. The van der Waals surface area contributed by atoms with Crippen LogP contribution < -0.4 is 5.32 Å². The molecule has 0 aliphatic heterocycles. The van der Waals surface area contributed by atoms with Crippen LogP contribution in [0.3, 0.4) is 0 Å². The van der Waals surface area contributed by atoms with E-state index in [0.29, 0.717) is 12.1 Å². The summed E-state index contributed by atoms with van der Waals surface area (Å²) in [6.07, 6.45) is 10.8. The summed E-state index contributed by atoms with van der Waals surface area (Å²) in [4.78, 5) is 0. The van der Waals surface area contributed by atoms with Crippen LogP contribution in [-0.2, 0) is 0 Å². The van der Waals surface area contributed by atoms with Crippen molar-refractivity contribution >= 4 is 0 Å². The Bertz CT molecular complexity index is 355. The second-order valence-electron chi connectivity index (χ2n) is 6.41. The molecule has 1 aliphatic rings. The lowest BCUT2D eigenvalue weighted by molar-refractivity contribution is 0.369. The van der Waals surface area contributed by atoms with Crippen molar-refractivity contribution in [3.63, 3.8) is 0 Å². The molecule has 0 heterocycles. The SMILES string of the molecule is CCCCCC(NC(CC)CC1CC1)c1ccccc1. The quantitative estimate of drug-likeness (QED) is 0.557. The first kappa shape index (κ1) is 15.6. The predicted molar refractivity (Wildman–Crippen MR) is 87.9 cm³/mol. The first-order valence-electron chi connectivity index (χ1n) is 8.64. The summed E-state index contributed by atoms with van der Waals surface area (Å²) in [5, 5.41) is 3.95. The number of nitrogens with one attached hydrogen (secondary N) is 1. The molecule has 1 aromatic carbocycles. The van der Waals surface area contributed by atoms with E-state index in [0.717, 1.165) is 5.92 Å². The summed E-state index contributed by atoms with van der Waals surface area (Å²) in [6.45, 7) is 4.61. The van der Waals surface area contributed by atoms with Gasteiger partial charge in [0.25, 0.3) is 0 Å². The fourth-order valence-electron chi connectivity index (χ4n) is 3.02. The predicted octanol–water partition coefficient (Wildman–Crippen LogP) is 5.48. The first-order chi connectivity index (χ1) is 9.83. The smallest absolute Gasteiger partial charge is 0.0322 e. The number of unbranched alkanes of at least 4 members (excludes halogenated alkanes) is 2. The Labute approximate surface area is 125 Å². The van der Waals surface area contributed by atoms with E-state index >= 15 is 0 Å². The second kappa shape index (κ2) is 8.46. The monoisotopic (exact) mass is 273 g/mol. The van der Waals surface area contributed by atoms with E-state index < -0.39 is 0 Å². The number of rotatable bonds is 10. The van der Waals surface area contributed by atoms with Crippen LogP contribution in [0.2, 0.25) is 0 Å². The minimum absolute atomic E-state index is 0.548. The molecule has 1 N–H and O–H groups in total. The normalized spacial score (nSPS) is 17.9. The standard InChI is InChI=1S/C19H31N/c1-3-5-7-12-19(17-10-8-6-9-11-17)20-18(4-2)15-16-13-14-16/h6,8-11,16,18-20H,3-5,7,12-15H2,1-2H3. The largest absolute Gasteiger partial charge is 0.307 e. The minimum Gasteiger partial charge on any atom is -0.307 e. The van der Waals surface area contributed by atoms with Gasteiger partial charge in [-0.2, -0.15) is 0 Å². The zero-order valence-electron chi connectivity index (χ0n) is 13.3. The lowest BCUT2D eigenvalue weighted by Crippen LogP contribution is -2.33. The molecule has 2 rings (SSSR count). The maximum absolute atomic E-state index is 3.95. The molecule has 0 spiro atoms. The summed E-state index contributed by atoms with van der Waals surface area (Å²) in [5.74, 6) is 1.01. The van der Waals surface area contributed by atoms with E-state index in [1.54, 1.807) is 0 Å². The van der Waals surface area contributed by atoms with Gasteiger partial charge in [0, 0.05) is 12.1 Å². The average Bonchev–Trinajstić information content (AvgIpc) is 3.30. The van der Waals surface area contributed by atoms with E-state index in [-0.39, 0.29) is 0 Å². The molecular weight excluding hydrogens is 242 g/mol. The van der Waals surface area contributed by atoms with Crippen LogP contribution in [-0.4, -0.2) is 6.04 Å². The van der Waals surface area contributed by atoms with Crippen LogP contribution in [0.4, 0.5) is 0 Å². The van der Waals surface area contributed by atoms with Crippen LogP contribution in [0.25, 0.3) is 0 Å². The van der Waals surface area contributed by atoms with Crippen molar-refractivity contribution in [2.24, 2.45) is 5.92 Å². The molecule has 1 saturated carbocycles. The van der Waals surface area contributed by atoms with Crippen molar-refractivity contribution in [3.05, 3.63) is 35.9 Å². The van der Waals surface area contributed by atoms with E-state index in [4.69, 9.17) is 0 Å². The Balaban J connectivity index is 1.93. The third-order valence-corrected chi connectivity index (χ3v) is 4.54. The Hall–Kier alpha value is -0.820. The molecule has 20 heavy (non-hydrogen) atoms. The highest BCUT2D eigenvalue weighted by atomic mass is 14.9. The summed E-state index contributed by atoms with van der Waals surface area (Å²) in [5.41, 5.74) is 1.47. The van der Waals surface area contributed by atoms with Gasteiger partial charge in [0.05, 0.1) is 0 Å². The molecule has 0 radical (unpaired) electrons. The Morgan fingerprint density at radius 3 is 2.45 bits per heavy atom. The Morgan fingerprint density at radius 1 is 1.10 bits per heavy atom. The van der Waals surface area contributed by atoms with Crippen molar-refractivity contribution in [1.29, 1.82) is 0 Å². The van der Waals surface area contributed by atoms with Crippen LogP contribution in [0, 0.1) is 5.92 Å². The van der Waals surface area contributed by atoms with Crippen LogP contribution in [0.1, 0.15) is 76.8 Å². The van der Waals surface area contributed by atoms with Gasteiger partial charge in [-0.15, -0.1) is 0 Å². The molecule has 1 aliphatic carbocycles. The van der Waals surface area contributed by atoms with Crippen LogP contribution in [0.5, 0.6) is 0 Å². The van der Waals surface area contributed by atoms with Crippen molar-refractivity contribution < 1.29 is 0 Å². The molecule has 1 heteroatoms. The Morgan fingerprint density at radius 2 is 1.85 bits per heavy atom. The topological polar surface area (TPSA) is 12.0 Å². The molecule has 112 valence electrons. The maximum Gasteiger partial charge on any atom is 0.0322 e. The molecule has 0 amide bonds. The van der Waals surface area contributed by atoms with E-state index in [1.165, 1.54) is 56.9 Å². The molecular formula is C19H31N. The Kier molecular flexibility index (Phi) is 6.59.